The van der Waals surface area contributed by atoms with Gasteiger partial charge in [-0.15, -0.1) is 0 Å². The van der Waals surface area contributed by atoms with Crippen LogP contribution in [0, 0.1) is 6.92 Å². The van der Waals surface area contributed by atoms with Crippen molar-refractivity contribution < 1.29 is 5.11 Å². The fraction of sp³-hybridized carbons (Fsp3) is 0.143. The van der Waals surface area contributed by atoms with Crippen LogP contribution in [0.15, 0.2) is 42.7 Å². The lowest BCUT2D eigenvalue weighted by Crippen LogP contribution is -2.04. The molecule has 0 radical (unpaired) electrons. The third-order valence-corrected chi connectivity index (χ3v) is 3.00. The molecule has 18 heavy (non-hydrogen) atoms. The first-order chi connectivity index (χ1) is 8.79. The minimum atomic E-state index is -0.0369. The summed E-state index contributed by atoms with van der Waals surface area (Å²) in [6.45, 7) is 1.88. The number of pyridine rings is 1. The van der Waals surface area contributed by atoms with Crippen molar-refractivity contribution in [3.05, 3.63) is 54.1 Å². The van der Waals surface area contributed by atoms with Crippen LogP contribution in [0.1, 0.15) is 11.4 Å². The van der Waals surface area contributed by atoms with Crippen molar-refractivity contribution in [2.75, 3.05) is 0 Å². The maximum absolute atomic E-state index is 9.49. The van der Waals surface area contributed by atoms with E-state index in [1.54, 1.807) is 6.20 Å². The summed E-state index contributed by atoms with van der Waals surface area (Å²) in [5.74, 6) is 1.60. The lowest BCUT2D eigenvalue weighted by molar-refractivity contribution is 0.281. The van der Waals surface area contributed by atoms with Crippen LogP contribution in [0.2, 0.25) is 0 Å². The molecule has 0 amide bonds. The first-order valence-electron chi connectivity index (χ1n) is 5.79. The predicted molar refractivity (Wildman–Crippen MR) is 69.5 cm³/mol. The Balaban J connectivity index is 2.31. The number of fused-ring (bicyclic) bond motifs is 1. The number of hydrogen-bond acceptors (Lipinski definition) is 3. The second-order valence-corrected chi connectivity index (χ2v) is 4.17. The fourth-order valence-electron chi connectivity index (χ4n) is 2.08. The normalized spacial score (nSPS) is 11.0. The molecule has 0 aliphatic heterocycles. The molecular weight excluding hydrogens is 226 g/mol. The van der Waals surface area contributed by atoms with Gasteiger partial charge in [-0.25, -0.2) is 9.97 Å². The first-order valence-corrected chi connectivity index (χ1v) is 5.79. The Labute approximate surface area is 105 Å². The van der Waals surface area contributed by atoms with Gasteiger partial charge in [0.25, 0.3) is 0 Å². The van der Waals surface area contributed by atoms with Gasteiger partial charge in [0.1, 0.15) is 11.6 Å². The molecule has 0 saturated carbocycles. The highest BCUT2D eigenvalue weighted by molar-refractivity contribution is 5.80. The Morgan fingerprint density at radius 1 is 1.28 bits per heavy atom. The van der Waals surface area contributed by atoms with Crippen LogP contribution >= 0.6 is 0 Å². The first kappa shape index (κ1) is 10.9. The summed E-state index contributed by atoms with van der Waals surface area (Å²) in [6, 6.07) is 9.85. The van der Waals surface area contributed by atoms with E-state index in [9.17, 15) is 5.11 Å². The topological polar surface area (TPSA) is 50.9 Å². The Kier molecular flexibility index (Phi) is 2.57. The molecule has 90 valence electrons. The standard InChI is InChI=1S/C14H13N3O/c1-10-15-6-7-17(10)14-12(9-18)8-11-4-2-3-5-13(11)16-14/h2-8,18H,9H2,1H3. The largest absolute Gasteiger partial charge is 0.392 e. The second-order valence-electron chi connectivity index (χ2n) is 4.17. The molecule has 0 spiro atoms. The van der Waals surface area contributed by atoms with E-state index < -0.39 is 0 Å². The average Bonchev–Trinajstić information content (AvgIpc) is 2.83. The molecule has 2 heterocycles. The van der Waals surface area contributed by atoms with Gasteiger partial charge >= 0.3 is 0 Å². The zero-order chi connectivity index (χ0) is 12.5. The number of nitrogens with zero attached hydrogens (tertiary/aromatic N) is 3. The van der Waals surface area contributed by atoms with Gasteiger partial charge in [0.05, 0.1) is 12.1 Å². The van der Waals surface area contributed by atoms with Crippen LogP contribution < -0.4 is 0 Å². The van der Waals surface area contributed by atoms with Gasteiger partial charge in [0.2, 0.25) is 0 Å². The van der Waals surface area contributed by atoms with Crippen molar-refractivity contribution >= 4 is 10.9 Å². The number of hydrogen-bond donors (Lipinski definition) is 1. The number of aryl methyl sites for hydroxylation is 1. The zero-order valence-corrected chi connectivity index (χ0v) is 10.0. The molecule has 0 fully saturated rings. The number of aliphatic hydroxyl groups excluding tert-OH is 1. The predicted octanol–water partition coefficient (Wildman–Crippen LogP) is 2.22. The van der Waals surface area contributed by atoms with Gasteiger partial charge in [0, 0.05) is 23.3 Å². The summed E-state index contributed by atoms with van der Waals surface area (Å²) in [4.78, 5) is 8.80. The molecule has 0 saturated heterocycles. The van der Waals surface area contributed by atoms with Crippen molar-refractivity contribution in [1.82, 2.24) is 14.5 Å². The van der Waals surface area contributed by atoms with Gasteiger partial charge in [-0.2, -0.15) is 0 Å². The van der Waals surface area contributed by atoms with E-state index in [0.717, 1.165) is 28.1 Å². The van der Waals surface area contributed by atoms with Crippen LogP contribution in [0.3, 0.4) is 0 Å². The Morgan fingerprint density at radius 3 is 2.83 bits per heavy atom. The van der Waals surface area contributed by atoms with Crippen molar-refractivity contribution in [2.45, 2.75) is 13.5 Å². The van der Waals surface area contributed by atoms with Gasteiger partial charge in [-0.3, -0.25) is 4.57 Å². The minimum Gasteiger partial charge on any atom is -0.392 e. The third kappa shape index (κ3) is 1.67. The molecular formula is C14H13N3O. The maximum Gasteiger partial charge on any atom is 0.144 e. The summed E-state index contributed by atoms with van der Waals surface area (Å²) >= 11 is 0. The summed E-state index contributed by atoms with van der Waals surface area (Å²) in [5.41, 5.74) is 1.72. The Bertz CT molecular complexity index is 703. The van der Waals surface area contributed by atoms with Gasteiger partial charge in [-0.05, 0) is 19.1 Å². The lowest BCUT2D eigenvalue weighted by atomic mass is 10.1. The molecule has 3 rings (SSSR count). The Morgan fingerprint density at radius 2 is 2.11 bits per heavy atom. The molecule has 0 aliphatic carbocycles. The molecule has 0 aliphatic rings. The molecule has 0 atom stereocenters. The Hall–Kier alpha value is -2.20. The molecule has 1 N–H and O–H groups in total. The van der Waals surface area contributed by atoms with Crippen molar-refractivity contribution in [2.24, 2.45) is 0 Å². The quantitative estimate of drug-likeness (QED) is 0.746. The van der Waals surface area contributed by atoms with E-state index in [2.05, 4.69) is 9.97 Å². The smallest absolute Gasteiger partial charge is 0.144 e. The third-order valence-electron chi connectivity index (χ3n) is 3.00. The van der Waals surface area contributed by atoms with Crippen LogP contribution in [0.5, 0.6) is 0 Å². The number of para-hydroxylation sites is 1. The molecule has 0 unspecified atom stereocenters. The van der Waals surface area contributed by atoms with Crippen LogP contribution in [-0.4, -0.2) is 19.6 Å². The van der Waals surface area contributed by atoms with E-state index in [1.807, 2.05) is 48.0 Å². The fourth-order valence-corrected chi connectivity index (χ4v) is 2.08. The number of rotatable bonds is 2. The van der Waals surface area contributed by atoms with E-state index in [0.29, 0.717) is 0 Å². The highest BCUT2D eigenvalue weighted by atomic mass is 16.3. The number of benzene rings is 1. The molecule has 2 aromatic heterocycles. The number of imidazole rings is 1. The van der Waals surface area contributed by atoms with Crippen molar-refractivity contribution in [3.8, 4) is 5.82 Å². The van der Waals surface area contributed by atoms with E-state index in [-0.39, 0.29) is 6.61 Å². The highest BCUT2D eigenvalue weighted by Gasteiger charge is 2.09. The number of aromatic nitrogens is 3. The second kappa shape index (κ2) is 4.23. The van der Waals surface area contributed by atoms with Gasteiger partial charge in [-0.1, -0.05) is 18.2 Å². The monoisotopic (exact) mass is 239 g/mol. The summed E-state index contributed by atoms with van der Waals surface area (Å²) < 4.78 is 1.89. The van der Waals surface area contributed by atoms with Crippen LogP contribution in [0.25, 0.3) is 16.7 Å². The van der Waals surface area contributed by atoms with Crippen LogP contribution in [0.4, 0.5) is 0 Å². The van der Waals surface area contributed by atoms with Gasteiger partial charge in [0.15, 0.2) is 0 Å². The molecule has 0 bridgehead atoms. The number of aliphatic hydroxyl groups is 1. The van der Waals surface area contributed by atoms with E-state index in [1.165, 1.54) is 0 Å². The van der Waals surface area contributed by atoms with Crippen LogP contribution in [-0.2, 0) is 6.61 Å². The molecule has 4 nitrogen and oxygen atoms in total. The lowest BCUT2D eigenvalue weighted by Gasteiger charge is -2.10. The van der Waals surface area contributed by atoms with Crippen molar-refractivity contribution in [3.63, 3.8) is 0 Å². The summed E-state index contributed by atoms with van der Waals surface area (Å²) in [5, 5.41) is 10.5. The van der Waals surface area contributed by atoms with E-state index in [4.69, 9.17) is 0 Å². The zero-order valence-electron chi connectivity index (χ0n) is 10.0. The summed E-state index contributed by atoms with van der Waals surface area (Å²) in [7, 11) is 0. The SMILES string of the molecule is Cc1nccn1-c1nc2ccccc2cc1CO. The highest BCUT2D eigenvalue weighted by Crippen LogP contribution is 2.20. The summed E-state index contributed by atoms with van der Waals surface area (Å²) in [6.07, 6.45) is 3.58. The van der Waals surface area contributed by atoms with E-state index >= 15 is 0 Å². The average molecular weight is 239 g/mol. The van der Waals surface area contributed by atoms with Gasteiger partial charge < -0.3 is 5.11 Å². The van der Waals surface area contributed by atoms with Crippen molar-refractivity contribution in [1.29, 1.82) is 0 Å². The molecule has 3 aromatic rings. The molecule has 4 heteroatoms. The molecule has 1 aromatic carbocycles. The minimum absolute atomic E-state index is 0.0369. The maximum atomic E-state index is 9.49.